The normalized spacial score (nSPS) is 13.1. The van der Waals surface area contributed by atoms with Gasteiger partial charge in [-0.3, -0.25) is 10.1 Å². The predicted molar refractivity (Wildman–Crippen MR) is 71.9 cm³/mol. The van der Waals surface area contributed by atoms with Crippen LogP contribution in [0.3, 0.4) is 0 Å². The van der Waals surface area contributed by atoms with Crippen LogP contribution in [0.5, 0.6) is 0 Å². The topological polar surface area (TPSA) is 55.2 Å². The van der Waals surface area contributed by atoms with Crippen molar-refractivity contribution in [2.24, 2.45) is 0 Å². The maximum absolute atomic E-state index is 13.4. The molecule has 0 amide bonds. The molecule has 0 aliphatic carbocycles. The molecule has 0 radical (unpaired) electrons. The summed E-state index contributed by atoms with van der Waals surface area (Å²) in [5, 5.41) is 13.6. The quantitative estimate of drug-likeness (QED) is 0.389. The SMILES string of the molecule is O=[N+]([O-])c1cc(F)cc2c1Nc1cc(C(F)(F)F)ccc1S2. The molecule has 0 spiro atoms. The second-order valence-corrected chi connectivity index (χ2v) is 5.57. The predicted octanol–water partition coefficient (Wildman–Crippen LogP) is 4.96. The smallest absolute Gasteiger partial charge is 0.348 e. The molecule has 0 atom stereocenters. The molecule has 0 fully saturated rings. The highest BCUT2D eigenvalue weighted by Crippen LogP contribution is 2.49. The number of fused-ring (bicyclic) bond motifs is 2. The van der Waals surface area contributed by atoms with E-state index >= 15 is 0 Å². The Balaban J connectivity index is 2.11. The highest BCUT2D eigenvalue weighted by molar-refractivity contribution is 7.99. The Labute approximate surface area is 125 Å². The van der Waals surface area contributed by atoms with E-state index in [1.807, 2.05) is 0 Å². The van der Waals surface area contributed by atoms with Crippen LogP contribution in [0.2, 0.25) is 0 Å². The fourth-order valence-electron chi connectivity index (χ4n) is 2.06. The molecule has 114 valence electrons. The first-order valence-corrected chi connectivity index (χ1v) is 6.71. The highest BCUT2D eigenvalue weighted by Gasteiger charge is 2.33. The highest BCUT2D eigenvalue weighted by atomic mass is 32.2. The molecule has 1 aliphatic heterocycles. The lowest BCUT2D eigenvalue weighted by Gasteiger charge is -2.21. The van der Waals surface area contributed by atoms with Gasteiger partial charge in [-0.15, -0.1) is 0 Å². The van der Waals surface area contributed by atoms with Gasteiger partial charge in [-0.2, -0.15) is 13.2 Å². The summed E-state index contributed by atoms with van der Waals surface area (Å²) in [6, 6.07) is 4.85. The van der Waals surface area contributed by atoms with Gasteiger partial charge in [0, 0.05) is 9.79 Å². The summed E-state index contributed by atoms with van der Waals surface area (Å²) in [6.07, 6.45) is -4.52. The maximum atomic E-state index is 13.4. The van der Waals surface area contributed by atoms with E-state index in [4.69, 9.17) is 0 Å². The molecular formula is C13H6F4N2O2S. The maximum Gasteiger partial charge on any atom is 0.416 e. The number of halogens is 4. The number of anilines is 2. The van der Waals surface area contributed by atoms with Crippen LogP contribution >= 0.6 is 11.8 Å². The van der Waals surface area contributed by atoms with Crippen molar-refractivity contribution in [3.05, 3.63) is 51.8 Å². The first-order chi connectivity index (χ1) is 10.3. The van der Waals surface area contributed by atoms with Gasteiger partial charge in [-0.05, 0) is 24.3 Å². The summed E-state index contributed by atoms with van der Waals surface area (Å²) < 4.78 is 51.6. The van der Waals surface area contributed by atoms with E-state index in [-0.39, 0.29) is 16.3 Å². The molecule has 1 heterocycles. The van der Waals surface area contributed by atoms with Gasteiger partial charge >= 0.3 is 6.18 Å². The van der Waals surface area contributed by atoms with Crippen LogP contribution < -0.4 is 5.32 Å². The standard InChI is InChI=1S/C13H6F4N2O2S/c14-7-4-9(19(20)21)12-11(5-7)22-10-2-1-6(13(15,16)17)3-8(10)18-12/h1-5,18H. The van der Waals surface area contributed by atoms with Crippen LogP contribution in [-0.2, 0) is 6.18 Å². The molecule has 0 unspecified atom stereocenters. The average molecular weight is 330 g/mol. The Morgan fingerprint density at radius 1 is 1.14 bits per heavy atom. The molecule has 2 aromatic carbocycles. The van der Waals surface area contributed by atoms with Crippen molar-refractivity contribution in [1.82, 2.24) is 0 Å². The zero-order chi connectivity index (χ0) is 16.1. The van der Waals surface area contributed by atoms with E-state index in [0.29, 0.717) is 4.90 Å². The van der Waals surface area contributed by atoms with Gasteiger partial charge in [0.15, 0.2) is 0 Å². The van der Waals surface area contributed by atoms with Crippen LogP contribution in [0.1, 0.15) is 5.56 Å². The minimum Gasteiger partial charge on any atom is -0.348 e. The number of alkyl halides is 3. The largest absolute Gasteiger partial charge is 0.416 e. The summed E-state index contributed by atoms with van der Waals surface area (Å²) in [5.74, 6) is -0.782. The molecule has 0 saturated carbocycles. The minimum atomic E-state index is -4.52. The minimum absolute atomic E-state index is 0.0109. The lowest BCUT2D eigenvalue weighted by atomic mass is 10.1. The second kappa shape index (κ2) is 4.87. The van der Waals surface area contributed by atoms with Crippen molar-refractivity contribution < 1.29 is 22.5 Å². The number of rotatable bonds is 1. The Hall–Kier alpha value is -2.29. The fraction of sp³-hybridized carbons (Fsp3) is 0.0769. The van der Waals surface area contributed by atoms with Crippen LogP contribution in [0.4, 0.5) is 34.6 Å². The van der Waals surface area contributed by atoms with Crippen molar-refractivity contribution in [3.8, 4) is 0 Å². The number of nitrogens with zero attached hydrogens (tertiary/aromatic N) is 1. The Kier molecular flexibility index (Phi) is 3.24. The van der Waals surface area contributed by atoms with Crippen molar-refractivity contribution in [2.45, 2.75) is 16.0 Å². The van der Waals surface area contributed by atoms with E-state index in [9.17, 15) is 27.7 Å². The summed E-state index contributed by atoms with van der Waals surface area (Å²) >= 11 is 0.973. The molecule has 2 aromatic rings. The van der Waals surface area contributed by atoms with Crippen LogP contribution in [-0.4, -0.2) is 4.92 Å². The van der Waals surface area contributed by atoms with Gasteiger partial charge in [-0.1, -0.05) is 11.8 Å². The van der Waals surface area contributed by atoms with E-state index < -0.39 is 28.2 Å². The molecule has 1 aliphatic rings. The molecule has 0 bridgehead atoms. The molecule has 4 nitrogen and oxygen atoms in total. The first-order valence-electron chi connectivity index (χ1n) is 5.90. The Bertz CT molecular complexity index is 792. The average Bonchev–Trinajstić information content (AvgIpc) is 2.42. The third-order valence-electron chi connectivity index (χ3n) is 3.03. The summed E-state index contributed by atoms with van der Waals surface area (Å²) in [7, 11) is 0. The van der Waals surface area contributed by atoms with Gasteiger partial charge in [0.05, 0.1) is 22.2 Å². The molecule has 0 saturated heterocycles. The molecule has 3 rings (SSSR count). The molecule has 0 aromatic heterocycles. The van der Waals surface area contributed by atoms with Gasteiger partial charge in [0.2, 0.25) is 0 Å². The summed E-state index contributed by atoms with van der Waals surface area (Å²) in [4.78, 5) is 10.9. The van der Waals surface area contributed by atoms with Gasteiger partial charge in [0.1, 0.15) is 11.5 Å². The second-order valence-electron chi connectivity index (χ2n) is 4.49. The number of nitrogens with one attached hydrogen (secondary N) is 1. The fourth-order valence-corrected chi connectivity index (χ4v) is 3.09. The van der Waals surface area contributed by atoms with Crippen molar-refractivity contribution >= 4 is 28.8 Å². The summed E-state index contributed by atoms with van der Waals surface area (Å²) in [6.45, 7) is 0. The molecule has 22 heavy (non-hydrogen) atoms. The number of benzene rings is 2. The lowest BCUT2D eigenvalue weighted by molar-refractivity contribution is -0.384. The van der Waals surface area contributed by atoms with Gasteiger partial charge in [0.25, 0.3) is 5.69 Å². The van der Waals surface area contributed by atoms with Crippen LogP contribution in [0, 0.1) is 15.9 Å². The van der Waals surface area contributed by atoms with Crippen LogP contribution in [0.15, 0.2) is 40.1 Å². The number of hydrogen-bond acceptors (Lipinski definition) is 4. The van der Waals surface area contributed by atoms with E-state index in [2.05, 4.69) is 5.32 Å². The monoisotopic (exact) mass is 330 g/mol. The first kappa shape index (κ1) is 14.6. The third-order valence-corrected chi connectivity index (χ3v) is 4.15. The van der Waals surface area contributed by atoms with Crippen molar-refractivity contribution in [2.75, 3.05) is 5.32 Å². The third kappa shape index (κ3) is 2.47. The molecule has 1 N–H and O–H groups in total. The molecule has 9 heteroatoms. The zero-order valence-electron chi connectivity index (χ0n) is 10.6. The number of hydrogen-bond donors (Lipinski definition) is 1. The lowest BCUT2D eigenvalue weighted by Crippen LogP contribution is -2.08. The summed E-state index contributed by atoms with van der Waals surface area (Å²) in [5.41, 5.74) is -1.30. The van der Waals surface area contributed by atoms with Crippen molar-refractivity contribution in [3.63, 3.8) is 0 Å². The van der Waals surface area contributed by atoms with E-state index in [0.717, 1.165) is 36.0 Å². The van der Waals surface area contributed by atoms with Gasteiger partial charge < -0.3 is 5.32 Å². The van der Waals surface area contributed by atoms with Gasteiger partial charge in [-0.25, -0.2) is 4.39 Å². The number of nitro benzene ring substituents is 1. The van der Waals surface area contributed by atoms with E-state index in [1.54, 1.807) is 0 Å². The van der Waals surface area contributed by atoms with Crippen molar-refractivity contribution in [1.29, 1.82) is 0 Å². The zero-order valence-corrected chi connectivity index (χ0v) is 11.4. The van der Waals surface area contributed by atoms with Crippen LogP contribution in [0.25, 0.3) is 0 Å². The Morgan fingerprint density at radius 3 is 2.50 bits per heavy atom. The Morgan fingerprint density at radius 2 is 1.86 bits per heavy atom. The molecular weight excluding hydrogens is 324 g/mol. The number of nitro groups is 1. The van der Waals surface area contributed by atoms with E-state index in [1.165, 1.54) is 6.07 Å².